The Morgan fingerprint density at radius 1 is 1.32 bits per heavy atom. The second-order valence-corrected chi connectivity index (χ2v) is 7.08. The van der Waals surface area contributed by atoms with E-state index < -0.39 is 21.6 Å². The fraction of sp³-hybridized carbons (Fsp3) is 0.364. The maximum atomic E-state index is 11.9. The number of sulfonamides is 1. The molecule has 0 spiro atoms. The van der Waals surface area contributed by atoms with Crippen LogP contribution in [0.4, 0.5) is 10.5 Å². The van der Waals surface area contributed by atoms with Gasteiger partial charge in [-0.15, -0.1) is 0 Å². The van der Waals surface area contributed by atoms with Crippen LogP contribution in [0.5, 0.6) is 0 Å². The number of nitrogens with one attached hydrogen (secondary N) is 2. The average Bonchev–Trinajstić information content (AvgIpc) is 2.17. The maximum absolute atomic E-state index is 11.9. The second kappa shape index (κ2) is 5.26. The van der Waals surface area contributed by atoms with E-state index >= 15 is 0 Å². The van der Waals surface area contributed by atoms with E-state index in [0.29, 0.717) is 0 Å². The van der Waals surface area contributed by atoms with Crippen molar-refractivity contribution >= 4 is 33.3 Å². The number of nitrogens with two attached hydrogens (primary N) is 1. The van der Waals surface area contributed by atoms with E-state index in [9.17, 15) is 13.2 Å². The zero-order chi connectivity index (χ0) is 14.8. The molecule has 106 valence electrons. The Hall–Kier alpha value is -1.47. The number of carbonyl (C=O) groups excluding carboxylic acids is 1. The minimum absolute atomic E-state index is 0.126. The van der Waals surface area contributed by atoms with Gasteiger partial charge < -0.3 is 11.1 Å². The Bertz CT molecular complexity index is 594. The predicted molar refractivity (Wildman–Crippen MR) is 74.5 cm³/mol. The second-order valence-electron chi connectivity index (χ2n) is 4.99. The number of anilines is 1. The molecule has 0 radical (unpaired) electrons. The molecule has 4 N–H and O–H groups in total. The van der Waals surface area contributed by atoms with E-state index in [1.165, 1.54) is 18.2 Å². The number of amides is 2. The van der Waals surface area contributed by atoms with Gasteiger partial charge in [0.25, 0.3) is 10.0 Å². The summed E-state index contributed by atoms with van der Waals surface area (Å²) in [7, 11) is -3.97. The van der Waals surface area contributed by atoms with Gasteiger partial charge in [0.2, 0.25) is 0 Å². The van der Waals surface area contributed by atoms with E-state index in [1.54, 1.807) is 20.8 Å². The Labute approximate surface area is 117 Å². The minimum Gasteiger partial charge on any atom is -0.397 e. The zero-order valence-corrected chi connectivity index (χ0v) is 12.4. The predicted octanol–water partition coefficient (Wildman–Crippen LogP) is 1.71. The highest BCUT2D eigenvalue weighted by Crippen LogP contribution is 2.22. The molecule has 1 aromatic carbocycles. The van der Waals surface area contributed by atoms with Crippen molar-refractivity contribution in [1.29, 1.82) is 0 Å². The summed E-state index contributed by atoms with van der Waals surface area (Å²) in [5.41, 5.74) is 5.11. The molecular weight excluding hydrogens is 290 g/mol. The van der Waals surface area contributed by atoms with Gasteiger partial charge in [-0.1, -0.05) is 11.6 Å². The Morgan fingerprint density at radius 2 is 1.89 bits per heavy atom. The highest BCUT2D eigenvalue weighted by molar-refractivity contribution is 7.90. The lowest BCUT2D eigenvalue weighted by atomic mass is 10.1. The van der Waals surface area contributed by atoms with Gasteiger partial charge in [0.15, 0.2) is 0 Å². The van der Waals surface area contributed by atoms with Crippen LogP contribution in [0.1, 0.15) is 20.8 Å². The standard InChI is InChI=1S/C11H16ClN3O3S/c1-11(2,3)14-10(16)15-19(17,18)7-4-5-8(12)9(13)6-7/h4-6H,13H2,1-3H3,(H2,14,15,16). The van der Waals surface area contributed by atoms with Crippen molar-refractivity contribution < 1.29 is 13.2 Å². The van der Waals surface area contributed by atoms with Crippen LogP contribution >= 0.6 is 11.6 Å². The summed E-state index contributed by atoms with van der Waals surface area (Å²) in [5, 5.41) is 2.73. The van der Waals surface area contributed by atoms with Crippen LogP contribution in [-0.4, -0.2) is 20.0 Å². The number of benzene rings is 1. The number of carbonyl (C=O) groups is 1. The lowest BCUT2D eigenvalue weighted by Crippen LogP contribution is -2.48. The average molecular weight is 306 g/mol. The summed E-state index contributed by atoms with van der Waals surface area (Å²) in [5.74, 6) is 0. The molecule has 0 aliphatic heterocycles. The molecule has 8 heteroatoms. The first kappa shape index (κ1) is 15.6. The molecule has 0 saturated heterocycles. The monoisotopic (exact) mass is 305 g/mol. The van der Waals surface area contributed by atoms with E-state index in [4.69, 9.17) is 17.3 Å². The lowest BCUT2D eigenvalue weighted by molar-refractivity contribution is 0.237. The van der Waals surface area contributed by atoms with Crippen LogP contribution in [-0.2, 0) is 10.0 Å². The van der Waals surface area contributed by atoms with Crippen molar-refractivity contribution in [1.82, 2.24) is 10.0 Å². The van der Waals surface area contributed by atoms with Crippen molar-refractivity contribution in [2.24, 2.45) is 0 Å². The summed E-state index contributed by atoms with van der Waals surface area (Å²) < 4.78 is 25.7. The first-order valence-corrected chi connectivity index (χ1v) is 7.27. The molecule has 0 fully saturated rings. The topological polar surface area (TPSA) is 101 Å². The molecule has 0 unspecified atom stereocenters. The smallest absolute Gasteiger partial charge is 0.329 e. The molecule has 0 aromatic heterocycles. The number of halogens is 1. The van der Waals surface area contributed by atoms with Crippen LogP contribution in [0.2, 0.25) is 5.02 Å². The Morgan fingerprint density at radius 3 is 2.37 bits per heavy atom. The summed E-state index contributed by atoms with van der Waals surface area (Å²) >= 11 is 5.70. The van der Waals surface area contributed by atoms with Crippen molar-refractivity contribution in [2.75, 3.05) is 5.73 Å². The van der Waals surface area contributed by atoms with Gasteiger partial charge in [0.05, 0.1) is 15.6 Å². The summed E-state index contributed by atoms with van der Waals surface area (Å²) in [4.78, 5) is 11.4. The van der Waals surface area contributed by atoms with Gasteiger partial charge in [-0.05, 0) is 39.0 Å². The highest BCUT2D eigenvalue weighted by atomic mass is 35.5. The number of hydrogen-bond donors (Lipinski definition) is 3. The van der Waals surface area contributed by atoms with Gasteiger partial charge in [0, 0.05) is 5.54 Å². The summed E-state index contributed by atoms with van der Waals surface area (Å²) in [6.45, 7) is 5.21. The van der Waals surface area contributed by atoms with Gasteiger partial charge in [-0.3, -0.25) is 0 Å². The molecule has 0 heterocycles. The first-order chi connectivity index (χ1) is 8.51. The largest absolute Gasteiger partial charge is 0.397 e. The molecule has 19 heavy (non-hydrogen) atoms. The fourth-order valence-corrected chi connectivity index (χ4v) is 2.30. The number of hydrogen-bond acceptors (Lipinski definition) is 4. The molecular formula is C11H16ClN3O3S. The molecule has 0 aliphatic carbocycles. The zero-order valence-electron chi connectivity index (χ0n) is 10.8. The molecule has 0 bridgehead atoms. The van der Waals surface area contributed by atoms with E-state index in [2.05, 4.69) is 5.32 Å². The van der Waals surface area contributed by atoms with Gasteiger partial charge in [-0.2, -0.15) is 0 Å². The van der Waals surface area contributed by atoms with E-state index in [0.717, 1.165) is 0 Å². The molecule has 0 aliphatic rings. The molecule has 1 aromatic rings. The normalized spacial score (nSPS) is 12.0. The van der Waals surface area contributed by atoms with Crippen LogP contribution in [0.25, 0.3) is 0 Å². The Balaban J connectivity index is 2.93. The quantitative estimate of drug-likeness (QED) is 0.724. The maximum Gasteiger partial charge on any atom is 0.329 e. The lowest BCUT2D eigenvalue weighted by Gasteiger charge is -2.20. The van der Waals surface area contributed by atoms with Crippen molar-refractivity contribution in [2.45, 2.75) is 31.2 Å². The van der Waals surface area contributed by atoms with Crippen molar-refractivity contribution in [3.8, 4) is 0 Å². The summed E-state index contributed by atoms with van der Waals surface area (Å²) in [6, 6.07) is 3.01. The molecule has 0 atom stereocenters. The summed E-state index contributed by atoms with van der Waals surface area (Å²) in [6.07, 6.45) is 0. The minimum atomic E-state index is -3.97. The van der Waals surface area contributed by atoms with Gasteiger partial charge >= 0.3 is 6.03 Å². The van der Waals surface area contributed by atoms with Gasteiger partial charge in [0.1, 0.15) is 0 Å². The van der Waals surface area contributed by atoms with Crippen LogP contribution in [0.15, 0.2) is 23.1 Å². The molecule has 1 rings (SSSR count). The van der Waals surface area contributed by atoms with Crippen molar-refractivity contribution in [3.63, 3.8) is 0 Å². The third-order valence-corrected chi connectivity index (χ3v) is 3.67. The highest BCUT2D eigenvalue weighted by Gasteiger charge is 2.21. The molecule has 2 amide bonds. The van der Waals surface area contributed by atoms with Crippen LogP contribution in [0.3, 0.4) is 0 Å². The van der Waals surface area contributed by atoms with Crippen LogP contribution in [0, 0.1) is 0 Å². The van der Waals surface area contributed by atoms with Gasteiger partial charge in [-0.25, -0.2) is 17.9 Å². The Kier molecular flexibility index (Phi) is 4.32. The number of nitrogen functional groups attached to an aromatic ring is 1. The fourth-order valence-electron chi connectivity index (χ4n) is 1.24. The van der Waals surface area contributed by atoms with E-state index in [-0.39, 0.29) is 15.6 Å². The van der Waals surface area contributed by atoms with Crippen LogP contribution < -0.4 is 15.8 Å². The third-order valence-electron chi connectivity index (χ3n) is 1.99. The SMILES string of the molecule is CC(C)(C)NC(=O)NS(=O)(=O)c1ccc(Cl)c(N)c1. The van der Waals surface area contributed by atoms with E-state index in [1.807, 2.05) is 4.72 Å². The number of urea groups is 1. The van der Waals surface area contributed by atoms with Crippen molar-refractivity contribution in [3.05, 3.63) is 23.2 Å². The first-order valence-electron chi connectivity index (χ1n) is 5.41. The molecule has 6 nitrogen and oxygen atoms in total. The molecule has 0 saturated carbocycles. The number of rotatable bonds is 2. The third kappa shape index (κ3) is 4.60.